The van der Waals surface area contributed by atoms with Crippen LogP contribution in [0.3, 0.4) is 0 Å². The van der Waals surface area contributed by atoms with Crippen molar-refractivity contribution < 1.29 is 9.90 Å². The molecule has 1 amide bonds. The van der Waals surface area contributed by atoms with Gasteiger partial charge in [0.15, 0.2) is 0 Å². The molecule has 0 aliphatic carbocycles. The van der Waals surface area contributed by atoms with E-state index in [0.717, 1.165) is 12.1 Å². The number of piperidine rings is 1. The molecule has 2 rings (SSSR count). The van der Waals surface area contributed by atoms with Crippen LogP contribution in [0.25, 0.3) is 0 Å². The van der Waals surface area contributed by atoms with Crippen molar-refractivity contribution in [2.75, 3.05) is 13.1 Å². The van der Waals surface area contributed by atoms with Crippen LogP contribution in [0.5, 0.6) is 0 Å². The zero-order valence-electron chi connectivity index (χ0n) is 10.3. The predicted molar refractivity (Wildman–Crippen MR) is 63.6 cm³/mol. The summed E-state index contributed by atoms with van der Waals surface area (Å²) in [6.45, 7) is 5.16. The minimum atomic E-state index is -0.269. The number of hydrogen-bond acceptors (Lipinski definition) is 3. The molecule has 5 heteroatoms. The molecule has 0 aromatic carbocycles. The van der Waals surface area contributed by atoms with Gasteiger partial charge in [0.1, 0.15) is 0 Å². The molecule has 1 aliphatic heterocycles. The number of carbonyl (C=O) groups excluding carboxylic acids is 1. The van der Waals surface area contributed by atoms with Crippen LogP contribution in [0, 0.1) is 12.8 Å². The Morgan fingerprint density at radius 2 is 2.47 bits per heavy atom. The number of rotatable bonds is 2. The van der Waals surface area contributed by atoms with Crippen molar-refractivity contribution in [1.29, 1.82) is 0 Å². The molecule has 0 radical (unpaired) electrons. The lowest BCUT2D eigenvalue weighted by Crippen LogP contribution is -2.45. The maximum absolute atomic E-state index is 12.2. The summed E-state index contributed by atoms with van der Waals surface area (Å²) in [4.78, 5) is 14.1. The normalized spacial score (nSPS) is 25.0. The van der Waals surface area contributed by atoms with Crippen LogP contribution in [-0.4, -0.2) is 45.3 Å². The highest BCUT2D eigenvalue weighted by atomic mass is 16.3. The zero-order chi connectivity index (χ0) is 12.4. The fraction of sp³-hybridized carbons (Fsp3) is 0.667. The van der Waals surface area contributed by atoms with E-state index in [9.17, 15) is 9.90 Å². The lowest BCUT2D eigenvalue weighted by molar-refractivity contribution is 0.0228. The summed E-state index contributed by atoms with van der Waals surface area (Å²) in [5.41, 5.74) is 1.44. The lowest BCUT2D eigenvalue weighted by atomic mass is 9.92. The van der Waals surface area contributed by atoms with Gasteiger partial charge in [-0.15, -0.1) is 0 Å². The summed E-state index contributed by atoms with van der Waals surface area (Å²) in [6, 6.07) is 0. The molecular formula is C12H19N3O2. The number of amides is 1. The van der Waals surface area contributed by atoms with E-state index in [1.54, 1.807) is 6.20 Å². The number of aromatic nitrogens is 2. The van der Waals surface area contributed by atoms with Crippen LogP contribution in [-0.2, 0) is 0 Å². The molecule has 1 aromatic heterocycles. The quantitative estimate of drug-likeness (QED) is 0.804. The second-order valence-electron chi connectivity index (χ2n) is 4.68. The smallest absolute Gasteiger partial charge is 0.257 e. The van der Waals surface area contributed by atoms with E-state index in [2.05, 4.69) is 10.2 Å². The van der Waals surface area contributed by atoms with E-state index in [-0.39, 0.29) is 17.9 Å². The van der Waals surface area contributed by atoms with E-state index in [1.165, 1.54) is 0 Å². The number of aromatic amines is 1. The van der Waals surface area contributed by atoms with Crippen molar-refractivity contribution in [2.45, 2.75) is 32.8 Å². The van der Waals surface area contributed by atoms with Gasteiger partial charge in [-0.2, -0.15) is 5.10 Å². The molecule has 17 heavy (non-hydrogen) atoms. The third-order valence-corrected chi connectivity index (χ3v) is 3.57. The first-order valence-corrected chi connectivity index (χ1v) is 6.10. The summed E-state index contributed by atoms with van der Waals surface area (Å²) in [5.74, 6) is 0.210. The second-order valence-corrected chi connectivity index (χ2v) is 4.68. The summed E-state index contributed by atoms with van der Waals surface area (Å²) in [5, 5.41) is 16.4. The average Bonchev–Trinajstić information content (AvgIpc) is 2.75. The molecule has 0 spiro atoms. The number of carbonyl (C=O) groups is 1. The van der Waals surface area contributed by atoms with Gasteiger partial charge < -0.3 is 10.0 Å². The van der Waals surface area contributed by atoms with E-state index in [4.69, 9.17) is 0 Å². The average molecular weight is 237 g/mol. The van der Waals surface area contributed by atoms with Gasteiger partial charge in [0.25, 0.3) is 5.91 Å². The number of hydrogen-bond donors (Lipinski definition) is 2. The zero-order valence-corrected chi connectivity index (χ0v) is 10.3. The van der Waals surface area contributed by atoms with Gasteiger partial charge in [-0.05, 0) is 19.8 Å². The molecule has 2 atom stereocenters. The minimum Gasteiger partial charge on any atom is -0.393 e. The Balaban J connectivity index is 2.09. The molecule has 2 N–H and O–H groups in total. The largest absolute Gasteiger partial charge is 0.393 e. The maximum atomic E-state index is 12.2. The Kier molecular flexibility index (Phi) is 3.47. The molecule has 0 saturated carbocycles. The molecule has 94 valence electrons. The molecule has 1 saturated heterocycles. The number of aliphatic hydroxyl groups is 1. The number of nitrogens with zero attached hydrogens (tertiary/aromatic N) is 2. The Morgan fingerprint density at radius 3 is 3.06 bits per heavy atom. The minimum absolute atomic E-state index is 0.0154. The van der Waals surface area contributed by atoms with Gasteiger partial charge in [-0.3, -0.25) is 9.89 Å². The first-order valence-electron chi connectivity index (χ1n) is 6.10. The van der Waals surface area contributed by atoms with E-state index in [0.29, 0.717) is 25.1 Å². The van der Waals surface area contributed by atoms with Crippen LogP contribution in [0.1, 0.15) is 35.8 Å². The van der Waals surface area contributed by atoms with Crippen LogP contribution >= 0.6 is 0 Å². The third kappa shape index (κ3) is 2.34. The van der Waals surface area contributed by atoms with Crippen molar-refractivity contribution in [1.82, 2.24) is 15.1 Å². The number of nitrogens with one attached hydrogen (secondary N) is 1. The fourth-order valence-electron chi connectivity index (χ4n) is 2.34. The summed E-state index contributed by atoms with van der Waals surface area (Å²) >= 11 is 0. The van der Waals surface area contributed by atoms with Crippen LogP contribution in [0.4, 0.5) is 0 Å². The van der Waals surface area contributed by atoms with Gasteiger partial charge in [-0.25, -0.2) is 0 Å². The SMILES string of the molecule is CCC1CN(C(=O)c2cn[nH]c2C)CCC1O. The molecule has 1 aromatic rings. The topological polar surface area (TPSA) is 69.2 Å². The number of likely N-dealkylation sites (tertiary alicyclic amines) is 1. The van der Waals surface area contributed by atoms with Crippen molar-refractivity contribution >= 4 is 5.91 Å². The second kappa shape index (κ2) is 4.87. The molecule has 5 nitrogen and oxygen atoms in total. The van der Waals surface area contributed by atoms with Gasteiger partial charge in [0.2, 0.25) is 0 Å². The van der Waals surface area contributed by atoms with Crippen LogP contribution < -0.4 is 0 Å². The summed E-state index contributed by atoms with van der Waals surface area (Å²) < 4.78 is 0. The Hall–Kier alpha value is -1.36. The van der Waals surface area contributed by atoms with E-state index >= 15 is 0 Å². The Labute approximate surface area is 101 Å². The van der Waals surface area contributed by atoms with Crippen molar-refractivity contribution in [3.8, 4) is 0 Å². The molecule has 2 unspecified atom stereocenters. The Bertz CT molecular complexity index is 402. The predicted octanol–water partition coefficient (Wildman–Crippen LogP) is 0.951. The van der Waals surface area contributed by atoms with Crippen LogP contribution in [0.15, 0.2) is 6.20 Å². The number of aryl methyl sites for hydroxylation is 1. The van der Waals surface area contributed by atoms with Gasteiger partial charge in [0.05, 0.1) is 17.9 Å². The van der Waals surface area contributed by atoms with Gasteiger partial charge in [-0.1, -0.05) is 6.92 Å². The van der Waals surface area contributed by atoms with E-state index in [1.807, 2.05) is 18.7 Å². The van der Waals surface area contributed by atoms with Crippen molar-refractivity contribution in [3.63, 3.8) is 0 Å². The highest BCUT2D eigenvalue weighted by Crippen LogP contribution is 2.21. The summed E-state index contributed by atoms with van der Waals surface area (Å²) in [6.07, 6.45) is 2.87. The Morgan fingerprint density at radius 1 is 1.71 bits per heavy atom. The monoisotopic (exact) mass is 237 g/mol. The highest BCUT2D eigenvalue weighted by Gasteiger charge is 2.30. The van der Waals surface area contributed by atoms with E-state index < -0.39 is 0 Å². The van der Waals surface area contributed by atoms with Gasteiger partial charge >= 0.3 is 0 Å². The maximum Gasteiger partial charge on any atom is 0.257 e. The molecule has 1 fully saturated rings. The first kappa shape index (κ1) is 12.1. The third-order valence-electron chi connectivity index (χ3n) is 3.57. The van der Waals surface area contributed by atoms with Gasteiger partial charge in [0, 0.05) is 24.7 Å². The van der Waals surface area contributed by atoms with Crippen molar-refractivity contribution in [2.24, 2.45) is 5.92 Å². The lowest BCUT2D eigenvalue weighted by Gasteiger charge is -2.35. The highest BCUT2D eigenvalue weighted by molar-refractivity contribution is 5.95. The fourth-order valence-corrected chi connectivity index (χ4v) is 2.34. The van der Waals surface area contributed by atoms with Crippen LogP contribution in [0.2, 0.25) is 0 Å². The molecule has 1 aliphatic rings. The molecular weight excluding hydrogens is 218 g/mol. The van der Waals surface area contributed by atoms with Crippen molar-refractivity contribution in [3.05, 3.63) is 17.5 Å². The number of H-pyrrole nitrogens is 1. The molecule has 0 bridgehead atoms. The summed E-state index contributed by atoms with van der Waals surface area (Å²) in [7, 11) is 0. The number of aliphatic hydroxyl groups excluding tert-OH is 1. The first-order chi connectivity index (χ1) is 8.13. The molecule has 2 heterocycles. The standard InChI is InChI=1S/C12H19N3O2/c1-3-9-7-15(5-4-11(9)16)12(17)10-6-13-14-8(10)2/h6,9,11,16H,3-5,7H2,1-2H3,(H,13,14).